The molecule has 2 rings (SSSR count). The van der Waals surface area contributed by atoms with E-state index in [4.69, 9.17) is 0 Å². The summed E-state index contributed by atoms with van der Waals surface area (Å²) in [6, 6.07) is 8.59. The topological polar surface area (TPSA) is 28.2 Å². The quantitative estimate of drug-likeness (QED) is 0.872. The molecular weight excluding hydrogens is 278 g/mol. The molecule has 0 fully saturated rings. The number of hydrogen-bond acceptors (Lipinski definition) is 4. The van der Waals surface area contributed by atoms with E-state index in [0.29, 0.717) is 0 Å². The molecule has 0 saturated heterocycles. The average molecular weight is 303 g/mol. The third kappa shape index (κ3) is 5.14. The molecule has 0 atom stereocenters. The van der Waals surface area contributed by atoms with Gasteiger partial charge in [-0.15, -0.1) is 11.3 Å². The van der Waals surface area contributed by atoms with Crippen LogP contribution in [0.2, 0.25) is 0 Å². The maximum atomic E-state index is 4.47. The van der Waals surface area contributed by atoms with Crippen molar-refractivity contribution < 1.29 is 0 Å². The van der Waals surface area contributed by atoms with Crippen LogP contribution >= 0.6 is 11.3 Å². The van der Waals surface area contributed by atoms with Crippen LogP contribution < -0.4 is 10.2 Å². The van der Waals surface area contributed by atoms with E-state index in [1.165, 1.54) is 10.6 Å². The Morgan fingerprint density at radius 1 is 1.29 bits per heavy atom. The summed E-state index contributed by atoms with van der Waals surface area (Å²) in [5, 5.41) is 5.62. The van der Waals surface area contributed by atoms with Gasteiger partial charge in [0.2, 0.25) is 0 Å². The molecule has 3 nitrogen and oxygen atoms in total. The summed E-state index contributed by atoms with van der Waals surface area (Å²) in [6.07, 6.45) is 1.91. The molecule has 0 spiro atoms. The first-order valence-corrected chi connectivity index (χ1v) is 8.33. The first-order chi connectivity index (χ1) is 9.98. The van der Waals surface area contributed by atoms with Gasteiger partial charge >= 0.3 is 0 Å². The molecule has 0 aliphatic heterocycles. The second-order valence-electron chi connectivity index (χ2n) is 6.20. The highest BCUT2D eigenvalue weighted by atomic mass is 32.1. The number of hydrogen-bond donors (Lipinski definition) is 1. The van der Waals surface area contributed by atoms with Crippen molar-refractivity contribution in [2.75, 3.05) is 11.4 Å². The van der Waals surface area contributed by atoms with E-state index in [1.54, 1.807) is 0 Å². The van der Waals surface area contributed by atoms with Gasteiger partial charge in [0, 0.05) is 35.4 Å². The lowest BCUT2D eigenvalue weighted by molar-refractivity contribution is 0.421. The Morgan fingerprint density at radius 3 is 2.71 bits per heavy atom. The zero-order valence-electron chi connectivity index (χ0n) is 13.4. The lowest BCUT2D eigenvalue weighted by Gasteiger charge is -2.24. The lowest BCUT2D eigenvalue weighted by Crippen LogP contribution is -2.35. The van der Waals surface area contributed by atoms with Gasteiger partial charge in [-0.05, 0) is 51.3 Å². The van der Waals surface area contributed by atoms with Crippen molar-refractivity contribution in [3.63, 3.8) is 0 Å². The van der Waals surface area contributed by atoms with Crippen molar-refractivity contribution >= 4 is 17.0 Å². The van der Waals surface area contributed by atoms with Crippen LogP contribution in [-0.4, -0.2) is 17.1 Å². The predicted molar refractivity (Wildman–Crippen MR) is 91.9 cm³/mol. The molecule has 21 heavy (non-hydrogen) atoms. The van der Waals surface area contributed by atoms with Crippen molar-refractivity contribution in [2.24, 2.45) is 0 Å². The minimum Gasteiger partial charge on any atom is -0.367 e. The van der Waals surface area contributed by atoms with E-state index in [-0.39, 0.29) is 5.54 Å². The smallest absolute Gasteiger partial charge is 0.0562 e. The normalized spacial score (nSPS) is 11.6. The molecule has 0 unspecified atom stereocenters. The summed E-state index contributed by atoms with van der Waals surface area (Å²) in [4.78, 5) is 8.24. The number of rotatable bonds is 6. The van der Waals surface area contributed by atoms with Crippen LogP contribution in [0.1, 0.15) is 38.3 Å². The molecule has 0 saturated carbocycles. The highest BCUT2D eigenvalue weighted by Crippen LogP contribution is 2.20. The fourth-order valence-electron chi connectivity index (χ4n) is 2.09. The summed E-state index contributed by atoms with van der Waals surface area (Å²) < 4.78 is 0. The summed E-state index contributed by atoms with van der Waals surface area (Å²) in [5.74, 6) is 0. The maximum Gasteiger partial charge on any atom is 0.0562 e. The largest absolute Gasteiger partial charge is 0.367 e. The van der Waals surface area contributed by atoms with Gasteiger partial charge < -0.3 is 10.2 Å². The van der Waals surface area contributed by atoms with Crippen molar-refractivity contribution in [1.29, 1.82) is 0 Å². The minimum absolute atomic E-state index is 0.110. The predicted octanol–water partition coefficient (Wildman–Crippen LogP) is 4.06. The SMILES string of the molecule is CCN(Cc1cccs1)c1ccnc(CNC(C)(C)C)c1. The van der Waals surface area contributed by atoms with Gasteiger partial charge in [-0.25, -0.2) is 0 Å². The van der Waals surface area contributed by atoms with Gasteiger partial charge in [-0.1, -0.05) is 6.07 Å². The monoisotopic (exact) mass is 303 g/mol. The Labute approximate surface area is 132 Å². The Balaban J connectivity index is 2.07. The number of nitrogens with one attached hydrogen (secondary N) is 1. The van der Waals surface area contributed by atoms with E-state index in [9.17, 15) is 0 Å². The molecule has 2 aromatic heterocycles. The molecule has 1 N–H and O–H groups in total. The average Bonchev–Trinajstić information content (AvgIpc) is 2.95. The number of aromatic nitrogens is 1. The van der Waals surface area contributed by atoms with Crippen molar-refractivity contribution in [3.8, 4) is 0 Å². The van der Waals surface area contributed by atoms with Crippen molar-refractivity contribution in [1.82, 2.24) is 10.3 Å². The fourth-order valence-corrected chi connectivity index (χ4v) is 2.81. The van der Waals surface area contributed by atoms with E-state index in [0.717, 1.165) is 25.3 Å². The Bertz CT molecular complexity index is 543. The van der Waals surface area contributed by atoms with Gasteiger partial charge in [-0.2, -0.15) is 0 Å². The third-order valence-electron chi connectivity index (χ3n) is 3.27. The minimum atomic E-state index is 0.110. The molecule has 0 radical (unpaired) electrons. The van der Waals surface area contributed by atoms with Crippen LogP contribution in [0.15, 0.2) is 35.8 Å². The van der Waals surface area contributed by atoms with Crippen LogP contribution in [0, 0.1) is 0 Å². The molecule has 0 aliphatic rings. The van der Waals surface area contributed by atoms with Crippen LogP contribution in [0.5, 0.6) is 0 Å². The van der Waals surface area contributed by atoms with E-state index >= 15 is 0 Å². The highest BCUT2D eigenvalue weighted by molar-refractivity contribution is 7.09. The highest BCUT2D eigenvalue weighted by Gasteiger charge is 2.11. The molecular formula is C17H25N3S. The van der Waals surface area contributed by atoms with Crippen molar-refractivity contribution in [3.05, 3.63) is 46.4 Å². The summed E-state index contributed by atoms with van der Waals surface area (Å²) in [6.45, 7) is 11.5. The zero-order chi connectivity index (χ0) is 15.3. The molecule has 2 heterocycles. The molecule has 2 aromatic rings. The standard InChI is InChI=1S/C17H25N3S/c1-5-20(13-16-7-6-10-21-16)15-8-9-18-14(11-15)12-19-17(2,3)4/h6-11,19H,5,12-13H2,1-4H3. The van der Waals surface area contributed by atoms with Crippen LogP contribution in [-0.2, 0) is 13.1 Å². The van der Waals surface area contributed by atoms with Gasteiger partial charge in [-0.3, -0.25) is 4.98 Å². The molecule has 4 heteroatoms. The third-order valence-corrected chi connectivity index (χ3v) is 4.13. The Morgan fingerprint density at radius 2 is 2.10 bits per heavy atom. The first-order valence-electron chi connectivity index (χ1n) is 7.45. The summed E-state index contributed by atoms with van der Waals surface area (Å²) in [7, 11) is 0. The number of thiophene rings is 1. The number of anilines is 1. The van der Waals surface area contributed by atoms with E-state index < -0.39 is 0 Å². The van der Waals surface area contributed by atoms with Crippen LogP contribution in [0.3, 0.4) is 0 Å². The molecule has 0 bridgehead atoms. The van der Waals surface area contributed by atoms with Gasteiger partial charge in [0.15, 0.2) is 0 Å². The van der Waals surface area contributed by atoms with Crippen LogP contribution in [0.25, 0.3) is 0 Å². The second kappa shape index (κ2) is 7.05. The van der Waals surface area contributed by atoms with E-state index in [2.05, 4.69) is 72.5 Å². The maximum absolute atomic E-state index is 4.47. The number of nitrogens with zero attached hydrogens (tertiary/aromatic N) is 2. The van der Waals surface area contributed by atoms with E-state index in [1.807, 2.05) is 17.5 Å². The zero-order valence-corrected chi connectivity index (χ0v) is 14.2. The fraction of sp³-hybridized carbons (Fsp3) is 0.471. The molecule has 0 aliphatic carbocycles. The Kier molecular flexibility index (Phi) is 5.37. The molecule has 114 valence electrons. The molecule has 0 amide bonds. The Hall–Kier alpha value is -1.39. The lowest BCUT2D eigenvalue weighted by atomic mass is 10.1. The number of pyridine rings is 1. The van der Waals surface area contributed by atoms with Gasteiger partial charge in [0.05, 0.1) is 12.2 Å². The van der Waals surface area contributed by atoms with Crippen molar-refractivity contribution in [2.45, 2.75) is 46.3 Å². The van der Waals surface area contributed by atoms with Gasteiger partial charge in [0.1, 0.15) is 0 Å². The summed E-state index contributed by atoms with van der Waals surface area (Å²) >= 11 is 1.81. The van der Waals surface area contributed by atoms with Gasteiger partial charge in [0.25, 0.3) is 0 Å². The summed E-state index contributed by atoms with van der Waals surface area (Å²) in [5.41, 5.74) is 2.44. The molecule has 0 aromatic carbocycles. The van der Waals surface area contributed by atoms with Crippen LogP contribution in [0.4, 0.5) is 5.69 Å². The second-order valence-corrected chi connectivity index (χ2v) is 7.23. The first kappa shape index (κ1) is 16.0.